The van der Waals surface area contributed by atoms with Crippen LogP contribution >= 0.6 is 15.9 Å². The maximum Gasteiger partial charge on any atom is 0.321 e. The monoisotopic (exact) mass is 343 g/mol. The topological polar surface area (TPSA) is 74.6 Å². The number of urea groups is 1. The summed E-state index contributed by atoms with van der Waals surface area (Å²) in [7, 11) is 3.25. The number of hydrogen-bond donors (Lipinski definition) is 2. The van der Waals surface area contributed by atoms with Gasteiger partial charge in [0.05, 0.1) is 16.3 Å². The lowest BCUT2D eigenvalue weighted by Gasteiger charge is -2.21. The van der Waals surface area contributed by atoms with Gasteiger partial charge in [0, 0.05) is 26.8 Å². The number of amides is 2. The molecule has 1 aliphatic carbocycles. The van der Waals surface area contributed by atoms with Gasteiger partial charge in [-0.15, -0.1) is 0 Å². The standard InChI is InChI=1S/C13H18BrN3O3/c1-16-6-9(5-10(14)12(16)19)15-13(20)17(2)7-11(18)8-3-4-8/h5-6,8,11,18H,3-4,7H2,1-2H3,(H,15,20). The quantitative estimate of drug-likeness (QED) is 0.867. The smallest absolute Gasteiger partial charge is 0.321 e. The van der Waals surface area contributed by atoms with E-state index in [1.54, 1.807) is 26.4 Å². The Labute approximate surface area is 125 Å². The third-order valence-electron chi connectivity index (χ3n) is 3.36. The Balaban J connectivity index is 1.98. The summed E-state index contributed by atoms with van der Waals surface area (Å²) in [6.45, 7) is 0.309. The highest BCUT2D eigenvalue weighted by molar-refractivity contribution is 9.10. The first-order valence-corrected chi connectivity index (χ1v) is 7.24. The molecule has 1 aromatic rings. The second-order valence-electron chi connectivity index (χ2n) is 5.21. The van der Waals surface area contributed by atoms with Crippen LogP contribution in [0.1, 0.15) is 12.8 Å². The second kappa shape index (κ2) is 5.97. The fourth-order valence-corrected chi connectivity index (χ4v) is 2.48. The van der Waals surface area contributed by atoms with Crippen LogP contribution in [-0.4, -0.2) is 40.3 Å². The molecule has 1 aliphatic rings. The lowest BCUT2D eigenvalue weighted by molar-refractivity contribution is 0.117. The number of aliphatic hydroxyl groups excluding tert-OH is 1. The van der Waals surface area contributed by atoms with E-state index in [1.807, 2.05) is 0 Å². The Bertz CT molecular complexity index is 542. The molecule has 1 heterocycles. The molecule has 0 aliphatic heterocycles. The van der Waals surface area contributed by atoms with Crippen LogP contribution in [-0.2, 0) is 7.05 Å². The van der Waals surface area contributed by atoms with Crippen molar-refractivity contribution in [3.8, 4) is 0 Å². The van der Waals surface area contributed by atoms with Gasteiger partial charge < -0.3 is 19.9 Å². The maximum absolute atomic E-state index is 12.0. The highest BCUT2D eigenvalue weighted by atomic mass is 79.9. The van der Waals surface area contributed by atoms with E-state index in [2.05, 4.69) is 21.2 Å². The molecule has 1 unspecified atom stereocenters. The van der Waals surface area contributed by atoms with Gasteiger partial charge in [0.15, 0.2) is 0 Å². The number of rotatable bonds is 4. The lowest BCUT2D eigenvalue weighted by atomic mass is 10.2. The molecule has 1 saturated carbocycles. The fourth-order valence-electron chi connectivity index (χ4n) is 1.95. The van der Waals surface area contributed by atoms with Crippen LogP contribution in [0, 0.1) is 5.92 Å². The first-order valence-electron chi connectivity index (χ1n) is 6.45. The summed E-state index contributed by atoms with van der Waals surface area (Å²) in [6.07, 6.45) is 3.16. The SMILES string of the molecule is CN(CC(O)C1CC1)C(=O)Nc1cc(Br)c(=O)n(C)c1. The number of hydrogen-bond acceptors (Lipinski definition) is 3. The van der Waals surface area contributed by atoms with Crippen molar-refractivity contribution in [3.05, 3.63) is 27.1 Å². The average Bonchev–Trinajstić information content (AvgIpc) is 3.19. The number of aliphatic hydroxyl groups is 1. The minimum Gasteiger partial charge on any atom is -0.391 e. The van der Waals surface area contributed by atoms with Crippen LogP contribution in [0.25, 0.3) is 0 Å². The van der Waals surface area contributed by atoms with Crippen molar-refractivity contribution in [2.75, 3.05) is 18.9 Å². The zero-order valence-corrected chi connectivity index (χ0v) is 13.1. The summed E-state index contributed by atoms with van der Waals surface area (Å²) in [4.78, 5) is 25.0. The molecule has 2 N–H and O–H groups in total. The third-order valence-corrected chi connectivity index (χ3v) is 3.93. The van der Waals surface area contributed by atoms with E-state index in [1.165, 1.54) is 9.47 Å². The van der Waals surface area contributed by atoms with Crippen LogP contribution in [0.3, 0.4) is 0 Å². The number of halogens is 1. The zero-order valence-electron chi connectivity index (χ0n) is 11.5. The predicted octanol–water partition coefficient (Wildman–Crippen LogP) is 1.38. The third kappa shape index (κ3) is 3.61. The molecule has 0 bridgehead atoms. The normalized spacial score (nSPS) is 15.8. The number of nitrogens with one attached hydrogen (secondary N) is 1. The summed E-state index contributed by atoms with van der Waals surface area (Å²) < 4.78 is 1.78. The van der Waals surface area contributed by atoms with Gasteiger partial charge in [-0.1, -0.05) is 0 Å². The molecule has 0 aromatic carbocycles. The van der Waals surface area contributed by atoms with E-state index in [0.29, 0.717) is 22.6 Å². The largest absolute Gasteiger partial charge is 0.391 e. The Morgan fingerprint density at radius 2 is 2.30 bits per heavy atom. The van der Waals surface area contributed by atoms with Crippen LogP contribution in [0.15, 0.2) is 21.5 Å². The van der Waals surface area contributed by atoms with Gasteiger partial charge in [0.2, 0.25) is 0 Å². The van der Waals surface area contributed by atoms with Gasteiger partial charge in [-0.25, -0.2) is 4.79 Å². The Morgan fingerprint density at radius 3 is 2.85 bits per heavy atom. The Kier molecular flexibility index (Phi) is 4.49. The zero-order chi connectivity index (χ0) is 14.9. The van der Waals surface area contributed by atoms with Gasteiger partial charge in [0.1, 0.15) is 0 Å². The van der Waals surface area contributed by atoms with Crippen LogP contribution in [0.5, 0.6) is 0 Å². The first kappa shape index (κ1) is 15.1. The summed E-state index contributed by atoms with van der Waals surface area (Å²) >= 11 is 3.15. The minimum atomic E-state index is -0.461. The van der Waals surface area contributed by atoms with E-state index in [-0.39, 0.29) is 11.6 Å². The average molecular weight is 344 g/mol. The maximum atomic E-state index is 12.0. The molecule has 1 fully saturated rings. The molecule has 20 heavy (non-hydrogen) atoms. The fraction of sp³-hybridized carbons (Fsp3) is 0.538. The van der Waals surface area contributed by atoms with Gasteiger partial charge in [-0.2, -0.15) is 0 Å². The van der Waals surface area contributed by atoms with Crippen molar-refractivity contribution in [2.24, 2.45) is 13.0 Å². The molecule has 1 atom stereocenters. The summed E-state index contributed by atoms with van der Waals surface area (Å²) in [5.41, 5.74) is 0.359. The van der Waals surface area contributed by atoms with E-state index in [0.717, 1.165) is 12.8 Å². The van der Waals surface area contributed by atoms with Crippen molar-refractivity contribution in [3.63, 3.8) is 0 Å². The molecular weight excluding hydrogens is 326 g/mol. The summed E-state index contributed by atoms with van der Waals surface area (Å²) in [5.74, 6) is 0.331. The van der Waals surface area contributed by atoms with Crippen LogP contribution in [0.4, 0.5) is 10.5 Å². The van der Waals surface area contributed by atoms with E-state index >= 15 is 0 Å². The number of aromatic nitrogens is 1. The minimum absolute atomic E-state index is 0.166. The molecule has 1 aromatic heterocycles. The molecule has 0 radical (unpaired) electrons. The van der Waals surface area contributed by atoms with E-state index in [9.17, 15) is 14.7 Å². The van der Waals surface area contributed by atoms with Gasteiger partial charge >= 0.3 is 6.03 Å². The van der Waals surface area contributed by atoms with Gasteiger partial charge in [-0.05, 0) is 40.8 Å². The van der Waals surface area contributed by atoms with Crippen molar-refractivity contribution in [1.29, 1.82) is 0 Å². The molecule has 2 amide bonds. The molecular formula is C13H18BrN3O3. The van der Waals surface area contributed by atoms with Crippen molar-refractivity contribution >= 4 is 27.6 Å². The second-order valence-corrected chi connectivity index (χ2v) is 6.06. The van der Waals surface area contributed by atoms with Crippen molar-refractivity contribution < 1.29 is 9.90 Å². The predicted molar refractivity (Wildman–Crippen MR) is 79.8 cm³/mol. The highest BCUT2D eigenvalue weighted by Gasteiger charge is 2.31. The van der Waals surface area contributed by atoms with E-state index < -0.39 is 6.10 Å². The number of nitrogens with zero attached hydrogens (tertiary/aromatic N) is 2. The number of anilines is 1. The molecule has 0 saturated heterocycles. The number of carbonyl (C=O) groups is 1. The molecule has 2 rings (SSSR count). The van der Waals surface area contributed by atoms with Crippen molar-refractivity contribution in [2.45, 2.75) is 18.9 Å². The van der Waals surface area contributed by atoms with Crippen LogP contribution < -0.4 is 10.9 Å². The first-order chi connectivity index (χ1) is 9.38. The van der Waals surface area contributed by atoms with Gasteiger partial charge in [-0.3, -0.25) is 4.79 Å². The summed E-state index contributed by atoms with van der Waals surface area (Å²) in [6, 6.07) is 1.25. The molecule has 110 valence electrons. The lowest BCUT2D eigenvalue weighted by Crippen LogP contribution is -2.38. The number of likely N-dealkylation sites (N-methyl/N-ethyl adjacent to an activating group) is 1. The Morgan fingerprint density at radius 1 is 1.65 bits per heavy atom. The molecule has 6 nitrogen and oxygen atoms in total. The van der Waals surface area contributed by atoms with E-state index in [4.69, 9.17) is 0 Å². The van der Waals surface area contributed by atoms with Crippen LogP contribution in [0.2, 0.25) is 0 Å². The summed E-state index contributed by atoms with van der Waals surface area (Å²) in [5, 5.41) is 12.5. The number of carbonyl (C=O) groups excluding carboxylic acids is 1. The highest BCUT2D eigenvalue weighted by Crippen LogP contribution is 2.32. The number of aryl methyl sites for hydroxylation is 1. The van der Waals surface area contributed by atoms with Gasteiger partial charge in [0.25, 0.3) is 5.56 Å². The molecule has 0 spiro atoms. The van der Waals surface area contributed by atoms with Crippen molar-refractivity contribution in [1.82, 2.24) is 9.47 Å². The molecule has 7 heteroatoms. The number of pyridine rings is 1. The Hall–Kier alpha value is -1.34.